The smallest absolute Gasteiger partial charge is 0.318 e. The van der Waals surface area contributed by atoms with Gasteiger partial charge in [-0.25, -0.2) is 0 Å². The molecule has 1 aromatic rings. The molecule has 0 bridgehead atoms. The molecule has 0 saturated carbocycles. The van der Waals surface area contributed by atoms with Crippen molar-refractivity contribution in [2.75, 3.05) is 0 Å². The molecule has 0 aromatic heterocycles. The fourth-order valence-electron chi connectivity index (χ4n) is 1.25. The molecule has 0 radical (unpaired) electrons. The van der Waals surface area contributed by atoms with Crippen molar-refractivity contribution in [2.45, 2.75) is 20.0 Å². The van der Waals surface area contributed by atoms with Crippen molar-refractivity contribution in [3.63, 3.8) is 0 Å². The third-order valence-corrected chi connectivity index (χ3v) is 2.45. The number of carbonyl (C=O) groups is 2. The highest BCUT2D eigenvalue weighted by atomic mass is 35.5. The van der Waals surface area contributed by atoms with Gasteiger partial charge in [0.1, 0.15) is 12.5 Å². The Balaban J connectivity index is 2.49. The van der Waals surface area contributed by atoms with Crippen LogP contribution in [0.15, 0.2) is 30.3 Å². The van der Waals surface area contributed by atoms with Gasteiger partial charge in [-0.1, -0.05) is 37.3 Å². The molecule has 0 heterocycles. The van der Waals surface area contributed by atoms with Crippen LogP contribution >= 0.6 is 11.6 Å². The van der Waals surface area contributed by atoms with Crippen LogP contribution in [0.4, 0.5) is 0 Å². The maximum Gasteiger partial charge on any atom is 0.318 e. The Morgan fingerprint density at radius 2 is 1.94 bits per heavy atom. The maximum absolute atomic E-state index is 11.5. The van der Waals surface area contributed by atoms with Crippen LogP contribution in [0, 0.1) is 5.92 Å². The summed E-state index contributed by atoms with van der Waals surface area (Å²) in [6.07, 6.45) is 0.357. The van der Waals surface area contributed by atoms with E-state index >= 15 is 0 Å². The Kier molecular flexibility index (Phi) is 4.99. The summed E-state index contributed by atoms with van der Waals surface area (Å²) in [7, 11) is 0. The van der Waals surface area contributed by atoms with Gasteiger partial charge in [0.25, 0.3) is 0 Å². The first-order valence-electron chi connectivity index (χ1n) is 5.05. The Labute approximate surface area is 99.4 Å². The predicted molar refractivity (Wildman–Crippen MR) is 60.9 cm³/mol. The number of hydrogen-bond acceptors (Lipinski definition) is 3. The zero-order valence-electron chi connectivity index (χ0n) is 8.98. The zero-order valence-corrected chi connectivity index (χ0v) is 9.74. The van der Waals surface area contributed by atoms with Gasteiger partial charge >= 0.3 is 5.97 Å². The van der Waals surface area contributed by atoms with E-state index in [1.54, 1.807) is 6.92 Å². The van der Waals surface area contributed by atoms with Crippen LogP contribution in [0.25, 0.3) is 0 Å². The van der Waals surface area contributed by atoms with Gasteiger partial charge in [-0.15, -0.1) is 0 Å². The van der Waals surface area contributed by atoms with Crippen LogP contribution in [0.1, 0.15) is 18.9 Å². The fraction of sp³-hybridized carbons (Fsp3) is 0.333. The first-order chi connectivity index (χ1) is 7.65. The van der Waals surface area contributed by atoms with E-state index in [-0.39, 0.29) is 6.61 Å². The minimum absolute atomic E-state index is 0.167. The molecule has 16 heavy (non-hydrogen) atoms. The number of ether oxygens (including phenoxy) is 1. The molecule has 0 amide bonds. The van der Waals surface area contributed by atoms with Gasteiger partial charge in [0.05, 0.1) is 0 Å². The van der Waals surface area contributed by atoms with Crippen molar-refractivity contribution in [3.05, 3.63) is 35.9 Å². The molecule has 4 heteroatoms. The number of rotatable bonds is 5. The van der Waals surface area contributed by atoms with Crippen LogP contribution in [0.5, 0.6) is 0 Å². The van der Waals surface area contributed by atoms with E-state index < -0.39 is 17.1 Å². The molecule has 0 aliphatic carbocycles. The van der Waals surface area contributed by atoms with E-state index in [1.807, 2.05) is 30.3 Å². The van der Waals surface area contributed by atoms with E-state index in [9.17, 15) is 9.59 Å². The molecule has 0 saturated heterocycles. The standard InChI is InChI=1S/C12H13ClO3/c1-2-10(11(13)14)12(15)16-8-9-6-4-3-5-7-9/h3-7,10H,2,8H2,1H3. The van der Waals surface area contributed by atoms with Gasteiger partial charge in [-0.3, -0.25) is 9.59 Å². The van der Waals surface area contributed by atoms with Crippen molar-refractivity contribution >= 4 is 22.8 Å². The van der Waals surface area contributed by atoms with Crippen molar-refractivity contribution in [1.29, 1.82) is 0 Å². The quantitative estimate of drug-likeness (QED) is 0.451. The van der Waals surface area contributed by atoms with Crippen molar-refractivity contribution < 1.29 is 14.3 Å². The summed E-state index contributed by atoms with van der Waals surface area (Å²) < 4.78 is 5.00. The maximum atomic E-state index is 11.5. The third-order valence-electron chi connectivity index (χ3n) is 2.19. The lowest BCUT2D eigenvalue weighted by molar-refractivity contribution is -0.151. The number of halogens is 1. The minimum atomic E-state index is -0.856. The first-order valence-corrected chi connectivity index (χ1v) is 5.42. The van der Waals surface area contributed by atoms with Gasteiger partial charge in [-0.05, 0) is 23.6 Å². The molecule has 0 fully saturated rings. The molecule has 86 valence electrons. The summed E-state index contributed by atoms with van der Waals surface area (Å²) in [5, 5.41) is -0.666. The molecule has 0 aliphatic rings. The molecule has 1 rings (SSSR count). The molecule has 1 atom stereocenters. The Hall–Kier alpha value is -1.35. The average molecular weight is 241 g/mol. The van der Waals surface area contributed by atoms with E-state index in [1.165, 1.54) is 0 Å². The summed E-state index contributed by atoms with van der Waals surface area (Å²) in [5.41, 5.74) is 0.882. The van der Waals surface area contributed by atoms with E-state index in [0.717, 1.165) is 5.56 Å². The lowest BCUT2D eigenvalue weighted by Gasteiger charge is -2.09. The average Bonchev–Trinajstić information content (AvgIpc) is 2.28. The lowest BCUT2D eigenvalue weighted by atomic mass is 10.1. The summed E-state index contributed by atoms with van der Waals surface area (Å²) in [6.45, 7) is 1.88. The molecule has 3 nitrogen and oxygen atoms in total. The lowest BCUT2D eigenvalue weighted by Crippen LogP contribution is -2.22. The normalized spacial score (nSPS) is 11.9. The Morgan fingerprint density at radius 1 is 1.31 bits per heavy atom. The van der Waals surface area contributed by atoms with Gasteiger partial charge in [0.15, 0.2) is 0 Å². The summed E-state index contributed by atoms with van der Waals surface area (Å²) in [5.74, 6) is -1.42. The second-order valence-corrected chi connectivity index (χ2v) is 3.73. The van der Waals surface area contributed by atoms with E-state index in [2.05, 4.69) is 0 Å². The first kappa shape index (κ1) is 12.7. The molecule has 0 N–H and O–H groups in total. The minimum Gasteiger partial charge on any atom is -0.460 e. The van der Waals surface area contributed by atoms with E-state index in [4.69, 9.17) is 16.3 Å². The molecule has 0 aliphatic heterocycles. The topological polar surface area (TPSA) is 43.4 Å². The van der Waals surface area contributed by atoms with Crippen LogP contribution in [0.3, 0.4) is 0 Å². The van der Waals surface area contributed by atoms with Crippen molar-refractivity contribution in [3.8, 4) is 0 Å². The molecule has 0 spiro atoms. The van der Waals surface area contributed by atoms with E-state index in [0.29, 0.717) is 6.42 Å². The van der Waals surface area contributed by atoms with Crippen LogP contribution in [-0.4, -0.2) is 11.2 Å². The largest absolute Gasteiger partial charge is 0.460 e. The van der Waals surface area contributed by atoms with Crippen molar-refractivity contribution in [1.82, 2.24) is 0 Å². The fourth-order valence-corrected chi connectivity index (χ4v) is 1.49. The number of benzene rings is 1. The summed E-state index contributed by atoms with van der Waals surface area (Å²) >= 11 is 5.28. The summed E-state index contributed by atoms with van der Waals surface area (Å²) in [4.78, 5) is 22.4. The van der Waals surface area contributed by atoms with Crippen LogP contribution in [0.2, 0.25) is 0 Å². The number of esters is 1. The Morgan fingerprint density at radius 3 is 2.44 bits per heavy atom. The SMILES string of the molecule is CCC(C(=O)Cl)C(=O)OCc1ccccc1. The zero-order chi connectivity index (χ0) is 12.0. The molecule has 1 unspecified atom stereocenters. The molecular formula is C12H13ClO3. The second-order valence-electron chi connectivity index (χ2n) is 3.36. The van der Waals surface area contributed by atoms with Gasteiger partial charge in [-0.2, -0.15) is 0 Å². The second kappa shape index (κ2) is 6.28. The summed E-state index contributed by atoms with van der Waals surface area (Å²) in [6, 6.07) is 9.27. The van der Waals surface area contributed by atoms with Gasteiger partial charge < -0.3 is 4.74 Å². The highest BCUT2D eigenvalue weighted by molar-refractivity contribution is 6.65. The number of hydrogen-bond donors (Lipinski definition) is 0. The number of carbonyl (C=O) groups excluding carboxylic acids is 2. The Bertz CT molecular complexity index is 362. The van der Waals surface area contributed by atoms with Crippen LogP contribution < -0.4 is 0 Å². The van der Waals surface area contributed by atoms with Crippen LogP contribution in [-0.2, 0) is 20.9 Å². The predicted octanol–water partition coefficient (Wildman–Crippen LogP) is 2.52. The van der Waals surface area contributed by atoms with Crippen molar-refractivity contribution in [2.24, 2.45) is 5.92 Å². The monoisotopic (exact) mass is 240 g/mol. The molecule has 1 aromatic carbocycles. The highest BCUT2D eigenvalue weighted by Gasteiger charge is 2.24. The van der Waals surface area contributed by atoms with Gasteiger partial charge in [0, 0.05) is 0 Å². The van der Waals surface area contributed by atoms with Gasteiger partial charge in [0.2, 0.25) is 5.24 Å². The molecular weight excluding hydrogens is 228 g/mol. The third kappa shape index (κ3) is 3.66. The highest BCUT2D eigenvalue weighted by Crippen LogP contribution is 2.11.